The quantitative estimate of drug-likeness (QED) is 0.831. The number of amides is 1. The first-order valence-corrected chi connectivity index (χ1v) is 9.10. The van der Waals surface area contributed by atoms with Crippen LogP contribution in [0.25, 0.3) is 11.0 Å². The number of aromatic nitrogens is 2. The van der Waals surface area contributed by atoms with Crippen molar-refractivity contribution in [3.63, 3.8) is 0 Å². The first-order valence-electron chi connectivity index (χ1n) is 9.10. The van der Waals surface area contributed by atoms with Crippen LogP contribution in [0.1, 0.15) is 25.0 Å². The van der Waals surface area contributed by atoms with Crippen molar-refractivity contribution in [3.8, 4) is 0 Å². The number of fused-ring (bicyclic) bond motifs is 1. The van der Waals surface area contributed by atoms with E-state index in [4.69, 9.17) is 9.47 Å². The van der Waals surface area contributed by atoms with Gasteiger partial charge in [0, 0.05) is 38.9 Å². The third-order valence-corrected chi connectivity index (χ3v) is 5.26. The minimum absolute atomic E-state index is 0.0586. The Labute approximate surface area is 151 Å². The van der Waals surface area contributed by atoms with E-state index in [2.05, 4.69) is 4.98 Å². The lowest BCUT2D eigenvalue weighted by atomic mass is 10.0. The Hall–Kier alpha value is -2.25. The molecule has 0 saturated carbocycles. The van der Waals surface area contributed by atoms with E-state index in [1.807, 2.05) is 29.2 Å². The number of piperidine rings is 1. The fourth-order valence-electron chi connectivity index (χ4n) is 3.79. The fourth-order valence-corrected chi connectivity index (χ4v) is 3.79. The largest absolute Gasteiger partial charge is 0.347 e. The number of aryl methyl sites for hydroxylation is 2. The molecule has 2 aromatic rings. The van der Waals surface area contributed by atoms with Gasteiger partial charge in [-0.3, -0.25) is 9.59 Å². The summed E-state index contributed by atoms with van der Waals surface area (Å²) in [6, 6.07) is 7.52. The highest BCUT2D eigenvalue weighted by atomic mass is 16.7. The number of hydrogen-bond acceptors (Lipinski definition) is 5. The SMILES string of the molecule is Cc1nc2ccccc2n(CCC(=O)N2CCC3(CC2)OCCO3)c1=O. The zero-order valence-corrected chi connectivity index (χ0v) is 14.9. The van der Waals surface area contributed by atoms with Crippen molar-refractivity contribution in [1.82, 2.24) is 14.5 Å². The van der Waals surface area contributed by atoms with Crippen molar-refractivity contribution in [1.29, 1.82) is 0 Å². The number of nitrogens with zero attached hydrogens (tertiary/aromatic N) is 3. The van der Waals surface area contributed by atoms with Crippen molar-refractivity contribution in [3.05, 3.63) is 40.3 Å². The molecule has 0 unspecified atom stereocenters. The fraction of sp³-hybridized carbons (Fsp3) is 0.526. The highest BCUT2D eigenvalue weighted by Crippen LogP contribution is 2.31. The van der Waals surface area contributed by atoms with E-state index >= 15 is 0 Å². The maximum atomic E-state index is 12.6. The minimum Gasteiger partial charge on any atom is -0.347 e. The Morgan fingerprint density at radius 3 is 2.62 bits per heavy atom. The molecule has 1 spiro atoms. The van der Waals surface area contributed by atoms with E-state index in [9.17, 15) is 9.59 Å². The van der Waals surface area contributed by atoms with Crippen molar-refractivity contribution < 1.29 is 14.3 Å². The van der Waals surface area contributed by atoms with Crippen LogP contribution in [0.5, 0.6) is 0 Å². The van der Waals surface area contributed by atoms with Gasteiger partial charge in [-0.25, -0.2) is 4.98 Å². The van der Waals surface area contributed by atoms with Gasteiger partial charge < -0.3 is 18.9 Å². The number of hydrogen-bond donors (Lipinski definition) is 0. The van der Waals surface area contributed by atoms with Gasteiger partial charge in [-0.15, -0.1) is 0 Å². The Balaban J connectivity index is 1.45. The minimum atomic E-state index is -0.480. The molecule has 7 heteroatoms. The molecule has 1 aromatic heterocycles. The Kier molecular flexibility index (Phi) is 4.50. The molecule has 0 atom stereocenters. The van der Waals surface area contributed by atoms with Crippen LogP contribution in [0.15, 0.2) is 29.1 Å². The molecule has 7 nitrogen and oxygen atoms in total. The summed E-state index contributed by atoms with van der Waals surface area (Å²) in [6.45, 7) is 4.58. The summed E-state index contributed by atoms with van der Waals surface area (Å²) >= 11 is 0. The highest BCUT2D eigenvalue weighted by molar-refractivity contribution is 5.77. The molecular weight excluding hydrogens is 334 g/mol. The van der Waals surface area contributed by atoms with Crippen molar-refractivity contribution in [2.24, 2.45) is 0 Å². The van der Waals surface area contributed by atoms with Gasteiger partial charge in [-0.05, 0) is 19.1 Å². The summed E-state index contributed by atoms with van der Waals surface area (Å²) < 4.78 is 13.1. The molecule has 4 rings (SSSR count). The normalized spacial score (nSPS) is 19.3. The van der Waals surface area contributed by atoms with Crippen LogP contribution in [0.3, 0.4) is 0 Å². The van der Waals surface area contributed by atoms with Crippen LogP contribution in [0.4, 0.5) is 0 Å². The van der Waals surface area contributed by atoms with E-state index in [0.29, 0.717) is 57.8 Å². The molecule has 1 amide bonds. The Morgan fingerprint density at radius 1 is 1.19 bits per heavy atom. The molecular formula is C19H23N3O4. The van der Waals surface area contributed by atoms with E-state index < -0.39 is 5.79 Å². The van der Waals surface area contributed by atoms with Gasteiger partial charge in [-0.2, -0.15) is 0 Å². The monoisotopic (exact) mass is 357 g/mol. The molecule has 0 radical (unpaired) electrons. The summed E-state index contributed by atoms with van der Waals surface area (Å²) in [5.41, 5.74) is 1.85. The van der Waals surface area contributed by atoms with Gasteiger partial charge in [-0.1, -0.05) is 12.1 Å². The van der Waals surface area contributed by atoms with Crippen molar-refractivity contribution >= 4 is 16.9 Å². The lowest BCUT2D eigenvalue weighted by Gasteiger charge is -2.37. The average Bonchev–Trinajstić information content (AvgIpc) is 3.10. The molecule has 2 aliphatic heterocycles. The molecule has 2 fully saturated rings. The smallest absolute Gasteiger partial charge is 0.272 e. The van der Waals surface area contributed by atoms with Crippen LogP contribution in [-0.4, -0.2) is 52.4 Å². The maximum Gasteiger partial charge on any atom is 0.272 e. The summed E-state index contributed by atoms with van der Waals surface area (Å²) in [5.74, 6) is -0.421. The summed E-state index contributed by atoms with van der Waals surface area (Å²) in [4.78, 5) is 31.3. The van der Waals surface area contributed by atoms with E-state index in [1.54, 1.807) is 11.5 Å². The number of carbonyl (C=O) groups excluding carboxylic acids is 1. The van der Waals surface area contributed by atoms with Crippen LogP contribution in [0.2, 0.25) is 0 Å². The van der Waals surface area contributed by atoms with Crippen molar-refractivity contribution in [2.45, 2.75) is 38.5 Å². The molecule has 2 saturated heterocycles. The summed E-state index contributed by atoms with van der Waals surface area (Å²) in [7, 11) is 0. The third kappa shape index (κ3) is 3.12. The third-order valence-electron chi connectivity index (χ3n) is 5.26. The van der Waals surface area contributed by atoms with Crippen LogP contribution >= 0.6 is 0 Å². The second-order valence-electron chi connectivity index (χ2n) is 6.88. The van der Waals surface area contributed by atoms with Gasteiger partial charge >= 0.3 is 0 Å². The predicted octanol–water partition coefficient (Wildman–Crippen LogP) is 1.46. The second kappa shape index (κ2) is 6.81. The number of ether oxygens (including phenoxy) is 2. The summed E-state index contributed by atoms with van der Waals surface area (Å²) in [6.07, 6.45) is 1.70. The van der Waals surface area contributed by atoms with Gasteiger partial charge in [0.15, 0.2) is 5.79 Å². The van der Waals surface area contributed by atoms with Gasteiger partial charge in [0.1, 0.15) is 5.69 Å². The van der Waals surface area contributed by atoms with Gasteiger partial charge in [0.05, 0.1) is 24.2 Å². The number of rotatable bonds is 3. The maximum absolute atomic E-state index is 12.6. The van der Waals surface area contributed by atoms with Crippen LogP contribution < -0.4 is 5.56 Å². The molecule has 1 aromatic carbocycles. The van der Waals surface area contributed by atoms with E-state index in [0.717, 1.165) is 11.0 Å². The average molecular weight is 357 g/mol. The van der Waals surface area contributed by atoms with E-state index in [1.165, 1.54) is 0 Å². The number of carbonyl (C=O) groups is 1. The topological polar surface area (TPSA) is 73.7 Å². The van der Waals surface area contributed by atoms with E-state index in [-0.39, 0.29) is 11.5 Å². The number of benzene rings is 1. The molecule has 2 aliphatic rings. The lowest BCUT2D eigenvalue weighted by Crippen LogP contribution is -2.47. The van der Waals surface area contributed by atoms with Crippen LogP contribution in [0, 0.1) is 6.92 Å². The Bertz CT molecular complexity index is 876. The molecule has 0 bridgehead atoms. The second-order valence-corrected chi connectivity index (χ2v) is 6.88. The molecule has 138 valence electrons. The lowest BCUT2D eigenvalue weighted by molar-refractivity contribution is -0.187. The Morgan fingerprint density at radius 2 is 1.88 bits per heavy atom. The highest BCUT2D eigenvalue weighted by Gasteiger charge is 2.40. The van der Waals surface area contributed by atoms with Crippen LogP contribution in [-0.2, 0) is 20.8 Å². The first-order chi connectivity index (χ1) is 12.6. The zero-order chi connectivity index (χ0) is 18.1. The molecule has 3 heterocycles. The van der Waals surface area contributed by atoms with Gasteiger partial charge in [0.25, 0.3) is 5.56 Å². The predicted molar refractivity (Wildman–Crippen MR) is 95.8 cm³/mol. The van der Waals surface area contributed by atoms with Gasteiger partial charge in [0.2, 0.25) is 5.91 Å². The molecule has 0 aliphatic carbocycles. The van der Waals surface area contributed by atoms with Crippen molar-refractivity contribution in [2.75, 3.05) is 26.3 Å². The summed E-state index contributed by atoms with van der Waals surface area (Å²) in [5, 5.41) is 0. The number of para-hydroxylation sites is 2. The molecule has 26 heavy (non-hydrogen) atoms. The molecule has 0 N–H and O–H groups in total. The number of likely N-dealkylation sites (tertiary alicyclic amines) is 1. The first kappa shape index (κ1) is 17.2. The standard InChI is InChI=1S/C19H23N3O4/c1-14-18(24)22(16-5-3-2-4-15(16)20-14)9-6-17(23)21-10-7-19(8-11-21)25-12-13-26-19/h2-5H,6-13H2,1H3. The zero-order valence-electron chi connectivity index (χ0n) is 14.9.